The smallest absolute Gasteiger partial charge is 0.308 e. The molecule has 11 heteroatoms. The van der Waals surface area contributed by atoms with E-state index in [9.17, 15) is 18.4 Å². The number of nitrogens with one attached hydrogen (secondary N) is 3. The summed E-state index contributed by atoms with van der Waals surface area (Å²) in [7, 11) is 0. The van der Waals surface area contributed by atoms with Gasteiger partial charge in [-0.05, 0) is 54.6 Å². The second-order valence-electron chi connectivity index (χ2n) is 7.68. The molecule has 0 radical (unpaired) electrons. The summed E-state index contributed by atoms with van der Waals surface area (Å²) in [6, 6.07) is 11.3. The molecule has 178 valence electrons. The number of aromatic nitrogens is 4. The number of hydrogen-bond acceptors (Lipinski definition) is 5. The van der Waals surface area contributed by atoms with Crippen LogP contribution in [0.5, 0.6) is 0 Å². The Bertz CT molecular complexity index is 1630. The average Bonchev–Trinajstić information content (AvgIpc) is 3.41. The molecule has 0 aliphatic carbocycles. The van der Waals surface area contributed by atoms with Crippen molar-refractivity contribution >= 4 is 45.8 Å². The monoisotopic (exact) mass is 504 g/mol. The van der Waals surface area contributed by atoms with Crippen molar-refractivity contribution in [2.45, 2.75) is 0 Å². The van der Waals surface area contributed by atoms with Gasteiger partial charge in [-0.25, -0.2) is 18.6 Å². The molecule has 3 N–H and O–H groups in total. The van der Waals surface area contributed by atoms with Gasteiger partial charge in [-0.1, -0.05) is 11.6 Å². The minimum Gasteiger partial charge on any atom is -0.308 e. The first kappa shape index (κ1) is 23.1. The summed E-state index contributed by atoms with van der Waals surface area (Å²) in [6.07, 6.45) is 4.85. The third kappa shape index (κ3) is 4.75. The Morgan fingerprint density at radius 1 is 0.861 bits per heavy atom. The van der Waals surface area contributed by atoms with Gasteiger partial charge in [0.1, 0.15) is 11.6 Å². The molecule has 0 saturated carbocycles. The molecule has 36 heavy (non-hydrogen) atoms. The van der Waals surface area contributed by atoms with Gasteiger partial charge >= 0.3 is 6.03 Å². The molecule has 0 saturated heterocycles. The number of carbonyl (C=O) groups is 2. The molecule has 3 aromatic carbocycles. The summed E-state index contributed by atoms with van der Waals surface area (Å²) in [5, 5.41) is 11.4. The predicted molar refractivity (Wildman–Crippen MR) is 131 cm³/mol. The van der Waals surface area contributed by atoms with E-state index in [0.29, 0.717) is 16.7 Å². The van der Waals surface area contributed by atoms with Gasteiger partial charge in [0.2, 0.25) is 0 Å². The van der Waals surface area contributed by atoms with Crippen LogP contribution in [0.4, 0.5) is 25.0 Å². The Hall–Kier alpha value is -4.70. The lowest BCUT2D eigenvalue weighted by molar-refractivity contribution is 0.103. The van der Waals surface area contributed by atoms with Crippen molar-refractivity contribution in [2.24, 2.45) is 0 Å². The van der Waals surface area contributed by atoms with E-state index in [0.717, 1.165) is 17.7 Å². The van der Waals surface area contributed by atoms with E-state index in [1.54, 1.807) is 24.7 Å². The number of halogens is 3. The van der Waals surface area contributed by atoms with Gasteiger partial charge < -0.3 is 10.6 Å². The number of hydrogen-bond donors (Lipinski definition) is 3. The molecule has 0 aliphatic heterocycles. The average molecular weight is 505 g/mol. The Morgan fingerprint density at radius 2 is 1.64 bits per heavy atom. The van der Waals surface area contributed by atoms with Crippen molar-refractivity contribution in [3.8, 4) is 11.3 Å². The van der Waals surface area contributed by atoms with Crippen LogP contribution in [0.3, 0.4) is 0 Å². The topological polar surface area (TPSA) is 113 Å². The van der Waals surface area contributed by atoms with Crippen molar-refractivity contribution in [1.82, 2.24) is 20.2 Å². The SMILES string of the molecule is O=C(Nc1ccc(Cl)c(F)c1)Nc1ccc(F)c(C(=O)c2ccc3ncc(-c4cn[nH]c4)nc3c2)c1. The maximum absolute atomic E-state index is 14.6. The minimum absolute atomic E-state index is 0.0833. The molecule has 0 atom stereocenters. The van der Waals surface area contributed by atoms with E-state index in [-0.39, 0.29) is 27.5 Å². The molecule has 0 fully saturated rings. The van der Waals surface area contributed by atoms with E-state index in [2.05, 4.69) is 30.8 Å². The number of amides is 2. The van der Waals surface area contributed by atoms with Crippen LogP contribution in [-0.4, -0.2) is 32.0 Å². The molecule has 0 aliphatic rings. The lowest BCUT2D eigenvalue weighted by Crippen LogP contribution is -2.20. The Balaban J connectivity index is 1.38. The molecule has 0 bridgehead atoms. The van der Waals surface area contributed by atoms with Crippen LogP contribution < -0.4 is 10.6 Å². The number of carbonyl (C=O) groups excluding carboxylic acids is 2. The molecule has 2 aromatic heterocycles. The highest BCUT2D eigenvalue weighted by atomic mass is 35.5. The summed E-state index contributed by atoms with van der Waals surface area (Å²) >= 11 is 5.64. The number of rotatable bonds is 5. The zero-order valence-electron chi connectivity index (χ0n) is 18.2. The van der Waals surface area contributed by atoms with Crippen molar-refractivity contribution in [3.63, 3.8) is 0 Å². The largest absolute Gasteiger partial charge is 0.323 e. The Kier molecular flexibility index (Phi) is 6.09. The van der Waals surface area contributed by atoms with E-state index < -0.39 is 23.4 Å². The molecular weight excluding hydrogens is 490 g/mol. The number of ketones is 1. The molecule has 8 nitrogen and oxygen atoms in total. The predicted octanol–water partition coefficient (Wildman–Crippen LogP) is 5.83. The van der Waals surface area contributed by atoms with Gasteiger partial charge in [-0.3, -0.25) is 14.9 Å². The van der Waals surface area contributed by atoms with Crippen LogP contribution in [-0.2, 0) is 0 Å². The summed E-state index contributed by atoms with van der Waals surface area (Å²) in [6.45, 7) is 0. The van der Waals surface area contributed by atoms with Crippen LogP contribution in [0.25, 0.3) is 22.3 Å². The van der Waals surface area contributed by atoms with Crippen molar-refractivity contribution in [2.75, 3.05) is 10.6 Å². The van der Waals surface area contributed by atoms with Gasteiger partial charge in [0.25, 0.3) is 0 Å². The quantitative estimate of drug-likeness (QED) is 0.261. The van der Waals surface area contributed by atoms with Gasteiger partial charge in [-0.2, -0.15) is 5.10 Å². The third-order valence-corrected chi connectivity index (χ3v) is 5.55. The highest BCUT2D eigenvalue weighted by Gasteiger charge is 2.17. The summed E-state index contributed by atoms with van der Waals surface area (Å²) < 4.78 is 28.2. The fraction of sp³-hybridized carbons (Fsp3) is 0. The lowest BCUT2D eigenvalue weighted by atomic mass is 10.0. The number of anilines is 2. The van der Waals surface area contributed by atoms with E-state index >= 15 is 0 Å². The lowest BCUT2D eigenvalue weighted by Gasteiger charge is -2.10. The molecule has 2 amide bonds. The molecule has 2 heterocycles. The number of nitrogens with zero attached hydrogens (tertiary/aromatic N) is 3. The van der Waals surface area contributed by atoms with Crippen molar-refractivity contribution in [1.29, 1.82) is 0 Å². The molecule has 5 aromatic rings. The van der Waals surface area contributed by atoms with Crippen LogP contribution in [0, 0.1) is 11.6 Å². The van der Waals surface area contributed by atoms with Gasteiger partial charge in [-0.15, -0.1) is 0 Å². The standard InChI is InChI=1S/C25H15ClF2N6O2/c26-18-4-2-16(9-20(18)28)33-25(36)32-15-3-5-19(27)17(8-15)24(35)13-1-6-21-22(7-13)34-23(12-29-21)14-10-30-31-11-14/h1-12H,(H,30,31)(H2,32,33,36). The number of urea groups is 1. The van der Waals surface area contributed by atoms with E-state index in [4.69, 9.17) is 11.6 Å². The van der Waals surface area contributed by atoms with Gasteiger partial charge in [0.15, 0.2) is 5.78 Å². The first-order valence-corrected chi connectivity index (χ1v) is 10.9. The fourth-order valence-corrected chi connectivity index (χ4v) is 3.60. The normalized spacial score (nSPS) is 10.9. The van der Waals surface area contributed by atoms with Crippen molar-refractivity contribution in [3.05, 3.63) is 101 Å². The highest BCUT2D eigenvalue weighted by Crippen LogP contribution is 2.23. The van der Waals surface area contributed by atoms with E-state index in [1.165, 1.54) is 36.4 Å². The highest BCUT2D eigenvalue weighted by molar-refractivity contribution is 6.30. The molecule has 5 rings (SSSR count). The zero-order valence-corrected chi connectivity index (χ0v) is 19.0. The Morgan fingerprint density at radius 3 is 2.39 bits per heavy atom. The minimum atomic E-state index is -0.760. The van der Waals surface area contributed by atoms with Crippen LogP contribution in [0.15, 0.2) is 73.2 Å². The molecule has 0 unspecified atom stereocenters. The van der Waals surface area contributed by atoms with Crippen LogP contribution in [0.2, 0.25) is 5.02 Å². The number of aromatic amines is 1. The van der Waals surface area contributed by atoms with Crippen molar-refractivity contribution < 1.29 is 18.4 Å². The van der Waals surface area contributed by atoms with E-state index in [1.807, 2.05) is 0 Å². The summed E-state index contributed by atoms with van der Waals surface area (Å²) in [5.41, 5.74) is 2.57. The summed E-state index contributed by atoms with van der Waals surface area (Å²) in [5.74, 6) is -2.06. The van der Waals surface area contributed by atoms with Crippen LogP contribution >= 0.6 is 11.6 Å². The second-order valence-corrected chi connectivity index (χ2v) is 8.08. The maximum Gasteiger partial charge on any atom is 0.323 e. The molecular formula is C25H15ClF2N6O2. The summed E-state index contributed by atoms with van der Waals surface area (Å²) in [4.78, 5) is 34.3. The first-order valence-electron chi connectivity index (χ1n) is 10.5. The molecule has 0 spiro atoms. The second kappa shape index (κ2) is 9.51. The fourth-order valence-electron chi connectivity index (χ4n) is 3.48. The number of H-pyrrole nitrogens is 1. The Labute approximate surface area is 207 Å². The third-order valence-electron chi connectivity index (χ3n) is 5.24. The number of benzene rings is 3. The number of fused-ring (bicyclic) bond motifs is 1. The maximum atomic E-state index is 14.6. The first-order chi connectivity index (χ1) is 17.4. The van der Waals surface area contributed by atoms with Gasteiger partial charge in [0.05, 0.1) is 39.7 Å². The van der Waals surface area contributed by atoms with Crippen LogP contribution in [0.1, 0.15) is 15.9 Å². The zero-order chi connectivity index (χ0) is 25.2. The van der Waals surface area contributed by atoms with Gasteiger partial charge in [0, 0.05) is 28.7 Å².